The Morgan fingerprint density at radius 1 is 0.667 bits per heavy atom. The average molecular weight is 772 g/mol. The van der Waals surface area contributed by atoms with Crippen LogP contribution >= 0.6 is 23.5 Å². The Balaban J connectivity index is 1.63. The second kappa shape index (κ2) is 22.4. The fraction of sp³-hybridized carbons (Fsp3) is 0.333. The fourth-order valence-corrected chi connectivity index (χ4v) is 7.87. The van der Waals surface area contributed by atoms with E-state index in [1.54, 1.807) is 6.92 Å². The number of esters is 1. The zero-order valence-electron chi connectivity index (χ0n) is 30.9. The molecule has 0 fully saturated rings. The standard InChI is InChI=1S/C42H49N3O7S2/c1-4-51-38(46)25-43-39(47)37(29-54-42(33-19-11-6-12-20-33,34-21-13-7-14-22-34)35-23-15-8-16-24-35)44-40(48)36(28-53-30-50-26-31(2)3)45-41(49)52-27-32-17-9-5-10-18-32/h5-24,31,36-37H,4,25-30H2,1-3H3,(H,43,47)(H,44,48)(H,45,49)/t36-,37+/m0/s1. The van der Waals surface area contributed by atoms with Crippen molar-refractivity contribution in [2.75, 3.05) is 37.2 Å². The van der Waals surface area contributed by atoms with E-state index in [2.05, 4.69) is 16.0 Å². The van der Waals surface area contributed by atoms with Crippen molar-refractivity contribution in [3.8, 4) is 0 Å². The molecule has 0 heterocycles. The first kappa shape index (κ1) is 42.0. The minimum absolute atomic E-state index is 0.0156. The van der Waals surface area contributed by atoms with Gasteiger partial charge in [0, 0.05) is 18.1 Å². The first-order valence-electron chi connectivity index (χ1n) is 17.9. The van der Waals surface area contributed by atoms with Crippen molar-refractivity contribution in [2.45, 2.75) is 44.2 Å². The Labute approximate surface area is 326 Å². The van der Waals surface area contributed by atoms with Crippen LogP contribution in [0.15, 0.2) is 121 Å². The average Bonchev–Trinajstić information content (AvgIpc) is 3.20. The van der Waals surface area contributed by atoms with E-state index in [9.17, 15) is 19.2 Å². The zero-order valence-corrected chi connectivity index (χ0v) is 32.5. The monoisotopic (exact) mass is 771 g/mol. The van der Waals surface area contributed by atoms with Gasteiger partial charge in [-0.1, -0.05) is 135 Å². The fourth-order valence-electron chi connectivity index (χ4n) is 5.53. The summed E-state index contributed by atoms with van der Waals surface area (Å²) in [4.78, 5) is 53.3. The van der Waals surface area contributed by atoms with Gasteiger partial charge in [0.15, 0.2) is 0 Å². The lowest BCUT2D eigenvalue weighted by Gasteiger charge is -2.36. The van der Waals surface area contributed by atoms with Crippen LogP contribution in [0.5, 0.6) is 0 Å². The van der Waals surface area contributed by atoms with Crippen LogP contribution in [-0.2, 0) is 39.9 Å². The van der Waals surface area contributed by atoms with Gasteiger partial charge in [0.1, 0.15) is 25.2 Å². The maximum atomic E-state index is 14.1. The lowest BCUT2D eigenvalue weighted by molar-refractivity contribution is -0.143. The van der Waals surface area contributed by atoms with E-state index in [1.807, 2.05) is 135 Å². The quantitative estimate of drug-likeness (QED) is 0.0375. The number of hydrogen-bond donors (Lipinski definition) is 3. The van der Waals surface area contributed by atoms with Crippen LogP contribution in [0.2, 0.25) is 0 Å². The maximum Gasteiger partial charge on any atom is 0.408 e. The molecule has 0 saturated carbocycles. The molecule has 3 N–H and O–H groups in total. The molecule has 4 aromatic rings. The number of hydrogen-bond acceptors (Lipinski definition) is 9. The van der Waals surface area contributed by atoms with Crippen LogP contribution in [0.4, 0.5) is 4.79 Å². The Hall–Kier alpha value is -4.78. The van der Waals surface area contributed by atoms with Gasteiger partial charge in [-0.3, -0.25) is 14.4 Å². The van der Waals surface area contributed by atoms with Crippen LogP contribution in [0.3, 0.4) is 0 Å². The largest absolute Gasteiger partial charge is 0.465 e. The Morgan fingerprint density at radius 3 is 1.70 bits per heavy atom. The third-order valence-electron chi connectivity index (χ3n) is 8.08. The smallest absolute Gasteiger partial charge is 0.408 e. The molecule has 54 heavy (non-hydrogen) atoms. The third-order valence-corrected chi connectivity index (χ3v) is 10.6. The van der Waals surface area contributed by atoms with Crippen molar-refractivity contribution in [3.05, 3.63) is 144 Å². The van der Waals surface area contributed by atoms with E-state index in [-0.39, 0.29) is 31.3 Å². The molecule has 0 aromatic heterocycles. The molecular weight excluding hydrogens is 723 g/mol. The van der Waals surface area contributed by atoms with Crippen molar-refractivity contribution in [1.29, 1.82) is 0 Å². The van der Waals surface area contributed by atoms with E-state index in [0.717, 1.165) is 22.3 Å². The first-order valence-corrected chi connectivity index (χ1v) is 20.0. The zero-order chi connectivity index (χ0) is 38.6. The summed E-state index contributed by atoms with van der Waals surface area (Å²) in [5.41, 5.74) is 3.72. The number of ether oxygens (including phenoxy) is 3. The molecule has 0 saturated heterocycles. The van der Waals surface area contributed by atoms with Gasteiger partial charge in [-0.25, -0.2) is 4.79 Å². The van der Waals surface area contributed by atoms with Crippen molar-refractivity contribution in [2.24, 2.45) is 5.92 Å². The first-order chi connectivity index (χ1) is 26.2. The number of nitrogens with one attached hydrogen (secondary N) is 3. The lowest BCUT2D eigenvalue weighted by atomic mass is 9.84. The second-order valence-electron chi connectivity index (χ2n) is 12.7. The molecule has 0 spiro atoms. The van der Waals surface area contributed by atoms with Gasteiger partial charge >= 0.3 is 12.1 Å². The van der Waals surface area contributed by atoms with Gasteiger partial charge in [0.05, 0.1) is 17.3 Å². The summed E-state index contributed by atoms with van der Waals surface area (Å²) in [5, 5.41) is 8.21. The van der Waals surface area contributed by atoms with Gasteiger partial charge < -0.3 is 30.2 Å². The predicted octanol–water partition coefficient (Wildman–Crippen LogP) is 6.53. The van der Waals surface area contributed by atoms with E-state index >= 15 is 0 Å². The summed E-state index contributed by atoms with van der Waals surface area (Å²) in [6.07, 6.45) is -0.781. The van der Waals surface area contributed by atoms with Gasteiger partial charge in [-0.2, -0.15) is 0 Å². The van der Waals surface area contributed by atoms with E-state index in [4.69, 9.17) is 14.2 Å². The second-order valence-corrected chi connectivity index (χ2v) is 14.9. The van der Waals surface area contributed by atoms with Crippen molar-refractivity contribution in [3.63, 3.8) is 0 Å². The number of thioether (sulfide) groups is 2. The molecule has 0 bridgehead atoms. The molecule has 12 heteroatoms. The van der Waals surface area contributed by atoms with Crippen molar-refractivity contribution in [1.82, 2.24) is 16.0 Å². The van der Waals surface area contributed by atoms with Gasteiger partial charge in [0.2, 0.25) is 11.8 Å². The van der Waals surface area contributed by atoms with E-state index < -0.39 is 40.7 Å². The normalized spacial score (nSPS) is 12.3. The molecule has 0 aliphatic heterocycles. The minimum Gasteiger partial charge on any atom is -0.465 e. The highest BCUT2D eigenvalue weighted by Crippen LogP contribution is 2.48. The van der Waals surface area contributed by atoms with Gasteiger partial charge in [-0.05, 0) is 35.1 Å². The van der Waals surface area contributed by atoms with Crippen LogP contribution in [0, 0.1) is 5.92 Å². The maximum absolute atomic E-state index is 14.1. The Kier molecular flexibility index (Phi) is 17.4. The number of amides is 3. The third kappa shape index (κ3) is 13.0. The Morgan fingerprint density at radius 2 is 1.19 bits per heavy atom. The molecular formula is C42H49N3O7S2. The summed E-state index contributed by atoms with van der Waals surface area (Å²) in [6, 6.07) is 36.9. The summed E-state index contributed by atoms with van der Waals surface area (Å²) >= 11 is 2.81. The molecule has 4 aromatic carbocycles. The van der Waals surface area contributed by atoms with Crippen LogP contribution in [0.25, 0.3) is 0 Å². The molecule has 2 atom stereocenters. The Bertz CT molecular complexity index is 1640. The van der Waals surface area contributed by atoms with Crippen LogP contribution in [-0.4, -0.2) is 73.2 Å². The van der Waals surface area contributed by atoms with E-state index in [1.165, 1.54) is 23.5 Å². The molecule has 0 radical (unpaired) electrons. The van der Waals surface area contributed by atoms with Gasteiger partial charge in [0.25, 0.3) is 0 Å². The highest BCUT2D eigenvalue weighted by Gasteiger charge is 2.39. The minimum atomic E-state index is -1.13. The molecule has 10 nitrogen and oxygen atoms in total. The summed E-state index contributed by atoms with van der Waals surface area (Å²) in [6.45, 7) is 6.10. The summed E-state index contributed by atoms with van der Waals surface area (Å²) in [5.74, 6) is -0.900. The highest BCUT2D eigenvalue weighted by atomic mass is 32.2. The van der Waals surface area contributed by atoms with E-state index in [0.29, 0.717) is 18.5 Å². The molecule has 286 valence electrons. The number of benzene rings is 4. The molecule has 3 amide bonds. The SMILES string of the molecule is CCOC(=O)CNC(=O)[C@@H](CSC(c1ccccc1)(c1ccccc1)c1ccccc1)NC(=O)[C@H](CSCOCC(C)C)NC(=O)OCc1ccccc1. The number of rotatable bonds is 21. The van der Waals surface area contributed by atoms with Crippen LogP contribution in [0.1, 0.15) is 43.0 Å². The number of carbonyl (C=O) groups is 4. The number of carbonyl (C=O) groups excluding carboxylic acids is 4. The molecule has 0 aliphatic rings. The molecule has 0 aliphatic carbocycles. The van der Waals surface area contributed by atoms with Crippen molar-refractivity contribution < 1.29 is 33.4 Å². The van der Waals surface area contributed by atoms with Gasteiger partial charge in [-0.15, -0.1) is 23.5 Å². The lowest BCUT2D eigenvalue weighted by Crippen LogP contribution is -2.56. The van der Waals surface area contributed by atoms with Crippen molar-refractivity contribution >= 4 is 47.4 Å². The topological polar surface area (TPSA) is 132 Å². The molecule has 0 unspecified atom stereocenters. The summed E-state index contributed by atoms with van der Waals surface area (Å²) < 4.78 is 15.4. The number of alkyl carbamates (subject to hydrolysis) is 1. The molecule has 4 rings (SSSR count). The highest BCUT2D eigenvalue weighted by molar-refractivity contribution is 8.00. The van der Waals surface area contributed by atoms with Crippen LogP contribution < -0.4 is 16.0 Å². The predicted molar refractivity (Wildman–Crippen MR) is 215 cm³/mol. The summed E-state index contributed by atoms with van der Waals surface area (Å²) in [7, 11) is 0.